The molecule has 4 heteroatoms. The summed E-state index contributed by atoms with van der Waals surface area (Å²) in [6, 6.07) is 4.35. The zero-order valence-electron chi connectivity index (χ0n) is 10.7. The molecule has 1 aliphatic heterocycles. The zero-order chi connectivity index (χ0) is 13.3. The molecule has 1 aromatic carbocycles. The molecule has 2 rings (SSSR count). The van der Waals surface area contributed by atoms with E-state index >= 15 is 0 Å². The quantitative estimate of drug-likeness (QED) is 0.877. The summed E-state index contributed by atoms with van der Waals surface area (Å²) in [6.07, 6.45) is 2.13. The maximum absolute atomic E-state index is 13.6. The van der Waals surface area contributed by atoms with Crippen molar-refractivity contribution >= 4 is 11.7 Å². The van der Waals surface area contributed by atoms with Gasteiger partial charge < -0.3 is 10.0 Å². The molecule has 1 saturated heterocycles. The van der Waals surface area contributed by atoms with E-state index in [4.69, 9.17) is 5.11 Å². The predicted octanol–water partition coefficient (Wildman–Crippen LogP) is 3.15. The molecule has 0 bridgehead atoms. The van der Waals surface area contributed by atoms with Gasteiger partial charge in [0.25, 0.3) is 0 Å². The van der Waals surface area contributed by atoms with Gasteiger partial charge in [0.15, 0.2) is 0 Å². The Morgan fingerprint density at radius 3 is 2.44 bits per heavy atom. The first-order valence-corrected chi connectivity index (χ1v) is 6.17. The maximum Gasteiger partial charge on any atom is 0.338 e. The van der Waals surface area contributed by atoms with Crippen molar-refractivity contribution in [1.82, 2.24) is 0 Å². The van der Waals surface area contributed by atoms with E-state index in [0.29, 0.717) is 5.41 Å². The smallest absolute Gasteiger partial charge is 0.338 e. The second-order valence-corrected chi connectivity index (χ2v) is 5.62. The molecule has 1 aliphatic rings. The minimum atomic E-state index is -1.22. The largest absolute Gasteiger partial charge is 0.478 e. The van der Waals surface area contributed by atoms with Gasteiger partial charge in [0.2, 0.25) is 0 Å². The number of carboxylic acid groups (broad SMARTS) is 1. The Bertz CT molecular complexity index is 461. The van der Waals surface area contributed by atoms with Gasteiger partial charge in [-0.1, -0.05) is 13.8 Å². The molecule has 0 amide bonds. The van der Waals surface area contributed by atoms with Crippen LogP contribution >= 0.6 is 0 Å². The average Bonchev–Trinajstić information content (AvgIpc) is 2.28. The Hall–Kier alpha value is -1.58. The summed E-state index contributed by atoms with van der Waals surface area (Å²) >= 11 is 0. The predicted molar refractivity (Wildman–Crippen MR) is 68.6 cm³/mol. The zero-order valence-corrected chi connectivity index (χ0v) is 10.7. The van der Waals surface area contributed by atoms with Crippen molar-refractivity contribution in [3.05, 3.63) is 29.6 Å². The number of carbonyl (C=O) groups is 1. The Balaban J connectivity index is 2.16. The number of benzene rings is 1. The average molecular weight is 251 g/mol. The van der Waals surface area contributed by atoms with Crippen LogP contribution in [-0.4, -0.2) is 24.2 Å². The first-order valence-electron chi connectivity index (χ1n) is 6.17. The lowest BCUT2D eigenvalue weighted by Crippen LogP contribution is -2.37. The van der Waals surface area contributed by atoms with Crippen LogP contribution in [0.4, 0.5) is 10.1 Å². The molecule has 0 spiro atoms. The second kappa shape index (κ2) is 4.59. The summed E-state index contributed by atoms with van der Waals surface area (Å²) in [5.41, 5.74) is 0.847. The van der Waals surface area contributed by atoms with Crippen molar-refractivity contribution in [2.24, 2.45) is 5.41 Å². The Labute approximate surface area is 106 Å². The number of nitrogens with zero attached hydrogens (tertiary/aromatic N) is 1. The third kappa shape index (κ3) is 2.63. The molecule has 0 unspecified atom stereocenters. The van der Waals surface area contributed by atoms with Gasteiger partial charge in [-0.05, 0) is 36.5 Å². The van der Waals surface area contributed by atoms with Gasteiger partial charge in [0, 0.05) is 18.8 Å². The van der Waals surface area contributed by atoms with Crippen LogP contribution in [0, 0.1) is 11.2 Å². The summed E-state index contributed by atoms with van der Waals surface area (Å²) < 4.78 is 13.6. The SMILES string of the molecule is CC1(C)CCN(c2ccc(C(=O)O)c(F)c2)CC1. The highest BCUT2D eigenvalue weighted by Crippen LogP contribution is 2.32. The minimum Gasteiger partial charge on any atom is -0.478 e. The molecular weight excluding hydrogens is 233 g/mol. The van der Waals surface area contributed by atoms with E-state index in [1.807, 2.05) is 0 Å². The number of halogens is 1. The fourth-order valence-corrected chi connectivity index (χ4v) is 2.24. The van der Waals surface area contributed by atoms with Crippen LogP contribution < -0.4 is 4.90 Å². The van der Waals surface area contributed by atoms with Gasteiger partial charge in [-0.2, -0.15) is 0 Å². The van der Waals surface area contributed by atoms with Crippen LogP contribution in [-0.2, 0) is 0 Å². The molecule has 98 valence electrons. The van der Waals surface area contributed by atoms with Crippen LogP contribution in [0.5, 0.6) is 0 Å². The molecule has 0 radical (unpaired) electrons. The molecule has 0 atom stereocenters. The maximum atomic E-state index is 13.6. The van der Waals surface area contributed by atoms with Gasteiger partial charge in [-0.3, -0.25) is 0 Å². The van der Waals surface area contributed by atoms with Crippen LogP contribution in [0.3, 0.4) is 0 Å². The van der Waals surface area contributed by atoms with E-state index in [1.165, 1.54) is 12.1 Å². The van der Waals surface area contributed by atoms with E-state index in [0.717, 1.165) is 31.6 Å². The number of anilines is 1. The molecule has 18 heavy (non-hydrogen) atoms. The summed E-state index contributed by atoms with van der Waals surface area (Å²) in [5.74, 6) is -1.89. The lowest BCUT2D eigenvalue weighted by Gasteiger charge is -2.38. The molecule has 0 aromatic heterocycles. The highest BCUT2D eigenvalue weighted by atomic mass is 19.1. The van der Waals surface area contributed by atoms with Gasteiger partial charge in [0.1, 0.15) is 5.82 Å². The Morgan fingerprint density at radius 2 is 1.94 bits per heavy atom. The van der Waals surface area contributed by atoms with E-state index in [1.54, 1.807) is 6.07 Å². The Morgan fingerprint density at radius 1 is 1.33 bits per heavy atom. The molecule has 1 heterocycles. The number of piperidine rings is 1. The number of carboxylic acids is 1. The number of aromatic carboxylic acids is 1. The van der Waals surface area contributed by atoms with E-state index in [-0.39, 0.29) is 5.56 Å². The first-order chi connectivity index (χ1) is 8.39. The topological polar surface area (TPSA) is 40.5 Å². The molecule has 1 aromatic rings. The highest BCUT2D eigenvalue weighted by Gasteiger charge is 2.25. The summed E-state index contributed by atoms with van der Waals surface area (Å²) in [6.45, 7) is 6.24. The van der Waals surface area contributed by atoms with E-state index in [9.17, 15) is 9.18 Å². The van der Waals surface area contributed by atoms with Gasteiger partial charge in [0.05, 0.1) is 5.56 Å². The molecule has 3 nitrogen and oxygen atoms in total. The van der Waals surface area contributed by atoms with E-state index < -0.39 is 11.8 Å². The summed E-state index contributed by atoms with van der Waals surface area (Å²) in [7, 11) is 0. The van der Waals surface area contributed by atoms with Crippen molar-refractivity contribution in [1.29, 1.82) is 0 Å². The molecule has 1 fully saturated rings. The Kier molecular flexibility index (Phi) is 3.28. The fraction of sp³-hybridized carbons (Fsp3) is 0.500. The molecule has 0 saturated carbocycles. The number of hydrogen-bond donors (Lipinski definition) is 1. The fourth-order valence-electron chi connectivity index (χ4n) is 2.24. The van der Waals surface area contributed by atoms with Crippen molar-refractivity contribution in [3.63, 3.8) is 0 Å². The lowest BCUT2D eigenvalue weighted by molar-refractivity contribution is 0.0692. The standard InChI is InChI=1S/C14H18FNO2/c1-14(2)5-7-16(8-6-14)10-3-4-11(13(17)18)12(15)9-10/h3-4,9H,5-8H2,1-2H3,(H,17,18). The summed E-state index contributed by atoms with van der Waals surface area (Å²) in [5, 5.41) is 8.78. The van der Waals surface area contributed by atoms with Crippen molar-refractivity contribution in [2.75, 3.05) is 18.0 Å². The lowest BCUT2D eigenvalue weighted by atomic mass is 9.82. The third-order valence-corrected chi connectivity index (χ3v) is 3.67. The van der Waals surface area contributed by atoms with Crippen LogP contribution in [0.15, 0.2) is 18.2 Å². The van der Waals surface area contributed by atoms with Gasteiger partial charge >= 0.3 is 5.97 Å². The summed E-state index contributed by atoms with van der Waals surface area (Å²) in [4.78, 5) is 12.9. The number of rotatable bonds is 2. The van der Waals surface area contributed by atoms with E-state index in [2.05, 4.69) is 18.7 Å². The van der Waals surface area contributed by atoms with Gasteiger partial charge in [-0.15, -0.1) is 0 Å². The monoisotopic (exact) mass is 251 g/mol. The van der Waals surface area contributed by atoms with Crippen molar-refractivity contribution < 1.29 is 14.3 Å². The molecular formula is C14H18FNO2. The van der Waals surface area contributed by atoms with Crippen LogP contribution in [0.2, 0.25) is 0 Å². The van der Waals surface area contributed by atoms with Crippen molar-refractivity contribution in [2.45, 2.75) is 26.7 Å². The molecule has 1 N–H and O–H groups in total. The first kappa shape index (κ1) is 12.9. The highest BCUT2D eigenvalue weighted by molar-refractivity contribution is 5.88. The second-order valence-electron chi connectivity index (χ2n) is 5.62. The van der Waals surface area contributed by atoms with Gasteiger partial charge in [-0.25, -0.2) is 9.18 Å². The van der Waals surface area contributed by atoms with Crippen LogP contribution in [0.25, 0.3) is 0 Å². The number of hydrogen-bond acceptors (Lipinski definition) is 2. The van der Waals surface area contributed by atoms with Crippen LogP contribution in [0.1, 0.15) is 37.0 Å². The van der Waals surface area contributed by atoms with Crippen molar-refractivity contribution in [3.8, 4) is 0 Å². The minimum absolute atomic E-state index is 0.268. The normalized spacial score (nSPS) is 18.7. The third-order valence-electron chi connectivity index (χ3n) is 3.67. The molecule has 0 aliphatic carbocycles.